The van der Waals surface area contributed by atoms with E-state index in [-0.39, 0.29) is 4.90 Å². The second kappa shape index (κ2) is 7.17. The molecular weight excluding hydrogens is 334 g/mol. The van der Waals surface area contributed by atoms with Crippen molar-refractivity contribution in [2.45, 2.75) is 24.1 Å². The van der Waals surface area contributed by atoms with Gasteiger partial charge in [-0.3, -0.25) is 0 Å². The summed E-state index contributed by atoms with van der Waals surface area (Å²) >= 11 is 0. The van der Waals surface area contributed by atoms with Crippen molar-refractivity contribution in [2.24, 2.45) is 0 Å². The van der Waals surface area contributed by atoms with Crippen LogP contribution in [-0.2, 0) is 16.4 Å². The number of benzene rings is 2. The molecule has 0 amide bonds. The number of hydrogen-bond acceptors (Lipinski definition) is 4. The number of hydrogen-bond donors (Lipinski definition) is 1. The summed E-state index contributed by atoms with van der Waals surface area (Å²) < 4.78 is 47.7. The first-order valence-electron chi connectivity index (χ1n) is 7.34. The van der Waals surface area contributed by atoms with Crippen LogP contribution in [0.2, 0.25) is 0 Å². The van der Waals surface area contributed by atoms with E-state index in [0.29, 0.717) is 12.2 Å². The van der Waals surface area contributed by atoms with Gasteiger partial charge in [-0.25, -0.2) is 8.42 Å². The Morgan fingerprint density at radius 2 is 1.71 bits per heavy atom. The molecule has 1 N–H and O–H groups in total. The highest BCUT2D eigenvalue weighted by atomic mass is 32.2. The van der Waals surface area contributed by atoms with Crippen molar-refractivity contribution in [2.75, 3.05) is 24.3 Å². The molecule has 0 aliphatic rings. The van der Waals surface area contributed by atoms with Crippen LogP contribution in [-0.4, -0.2) is 28.3 Å². The van der Waals surface area contributed by atoms with Crippen LogP contribution in [0.5, 0.6) is 0 Å². The molecule has 0 aliphatic carbocycles. The first-order valence-corrected chi connectivity index (χ1v) is 8.89. The van der Waals surface area contributed by atoms with E-state index in [1.165, 1.54) is 24.3 Å². The van der Waals surface area contributed by atoms with Crippen LogP contribution in [0.3, 0.4) is 0 Å². The lowest BCUT2D eigenvalue weighted by atomic mass is 10.1. The maximum absolute atomic E-state index is 12.5. The minimum absolute atomic E-state index is 0.380. The van der Waals surface area contributed by atoms with Gasteiger partial charge in [-0.1, -0.05) is 6.07 Å². The molecule has 0 atom stereocenters. The summed E-state index contributed by atoms with van der Waals surface area (Å²) in [6.07, 6.45) is 0. The van der Waals surface area contributed by atoms with Gasteiger partial charge in [0.1, 0.15) is 0 Å². The van der Waals surface area contributed by atoms with Crippen molar-refractivity contribution in [3.8, 4) is 0 Å². The van der Waals surface area contributed by atoms with Crippen LogP contribution in [0.1, 0.15) is 11.1 Å². The zero-order valence-corrected chi connectivity index (χ0v) is 14.6. The molecule has 0 aromatic heterocycles. The molecule has 2 rings (SSSR count). The van der Waals surface area contributed by atoms with Crippen molar-refractivity contribution >= 4 is 21.2 Å². The second-order valence-electron chi connectivity index (χ2n) is 5.69. The first kappa shape index (κ1) is 18.2. The smallest absolute Gasteiger partial charge is 0.341 e. The van der Waals surface area contributed by atoms with E-state index in [2.05, 4.69) is 11.4 Å². The highest BCUT2D eigenvalue weighted by Gasteiger charge is 2.26. The van der Waals surface area contributed by atoms with Crippen LogP contribution in [0, 0.1) is 6.92 Å². The third kappa shape index (κ3) is 4.03. The lowest BCUT2D eigenvalue weighted by Gasteiger charge is -2.16. The number of nitrogens with one attached hydrogen (secondary N) is 1. The Kier molecular flexibility index (Phi) is 5.43. The van der Waals surface area contributed by atoms with Crippen molar-refractivity contribution in [3.05, 3.63) is 53.6 Å². The fourth-order valence-corrected chi connectivity index (χ4v) is 2.94. The minimum Gasteiger partial charge on any atom is -0.381 e. The zero-order valence-electron chi connectivity index (χ0n) is 13.8. The van der Waals surface area contributed by atoms with Crippen molar-refractivity contribution in [1.29, 1.82) is 0 Å². The Balaban J connectivity index is 2.08. The number of anilines is 2. The molecular formula is C17H20F2N2O2S. The quantitative estimate of drug-likeness (QED) is 0.860. The maximum Gasteiger partial charge on any atom is 0.341 e. The topological polar surface area (TPSA) is 49.4 Å². The van der Waals surface area contributed by atoms with Gasteiger partial charge < -0.3 is 10.2 Å². The van der Waals surface area contributed by atoms with Crippen LogP contribution < -0.4 is 10.2 Å². The fraction of sp³-hybridized carbons (Fsp3) is 0.294. The first-order chi connectivity index (χ1) is 11.2. The molecule has 0 saturated carbocycles. The molecule has 2 aromatic rings. The van der Waals surface area contributed by atoms with E-state index >= 15 is 0 Å². The Morgan fingerprint density at radius 3 is 2.21 bits per heavy atom. The van der Waals surface area contributed by atoms with Gasteiger partial charge in [0.2, 0.25) is 9.84 Å². The third-order valence-corrected chi connectivity index (χ3v) is 5.14. The van der Waals surface area contributed by atoms with Gasteiger partial charge in [0.25, 0.3) is 0 Å². The summed E-state index contributed by atoms with van der Waals surface area (Å²) in [5, 5.41) is 3.16. The number of alkyl halides is 2. The van der Waals surface area contributed by atoms with Crippen molar-refractivity contribution in [3.63, 3.8) is 0 Å². The van der Waals surface area contributed by atoms with E-state index in [0.717, 1.165) is 16.8 Å². The fourth-order valence-electron chi connectivity index (χ4n) is 2.22. The van der Waals surface area contributed by atoms with E-state index < -0.39 is 15.6 Å². The van der Waals surface area contributed by atoms with Gasteiger partial charge in [0.05, 0.1) is 4.90 Å². The number of halogens is 2. The minimum atomic E-state index is -4.55. The van der Waals surface area contributed by atoms with Crippen molar-refractivity contribution in [1.82, 2.24) is 0 Å². The van der Waals surface area contributed by atoms with Gasteiger partial charge in [-0.15, -0.1) is 0 Å². The van der Waals surface area contributed by atoms with E-state index in [1.807, 2.05) is 38.1 Å². The van der Waals surface area contributed by atoms with Crippen LogP contribution in [0.15, 0.2) is 47.4 Å². The summed E-state index contributed by atoms with van der Waals surface area (Å²) in [5.74, 6) is -3.41. The summed E-state index contributed by atoms with van der Waals surface area (Å²) in [6, 6.07) is 11.5. The van der Waals surface area contributed by atoms with E-state index in [4.69, 9.17) is 0 Å². The molecule has 4 nitrogen and oxygen atoms in total. The molecule has 0 spiro atoms. The van der Waals surface area contributed by atoms with Crippen LogP contribution >= 0.6 is 0 Å². The molecule has 0 heterocycles. The predicted octanol–water partition coefficient (Wildman–Crippen LogP) is 3.67. The Labute approximate surface area is 141 Å². The molecule has 2 aromatic carbocycles. The Bertz CT molecular complexity index is 804. The molecule has 0 bridgehead atoms. The molecule has 7 heteroatoms. The molecule has 0 aliphatic heterocycles. The van der Waals surface area contributed by atoms with Gasteiger partial charge >= 0.3 is 5.76 Å². The molecule has 130 valence electrons. The number of rotatable bonds is 6. The molecule has 24 heavy (non-hydrogen) atoms. The summed E-state index contributed by atoms with van der Waals surface area (Å²) in [7, 11) is -0.598. The highest BCUT2D eigenvalue weighted by molar-refractivity contribution is 7.91. The van der Waals surface area contributed by atoms with E-state index in [1.54, 1.807) is 0 Å². The number of sulfone groups is 1. The lowest BCUT2D eigenvalue weighted by molar-refractivity contribution is 0.234. The predicted molar refractivity (Wildman–Crippen MR) is 92.5 cm³/mol. The van der Waals surface area contributed by atoms with Gasteiger partial charge in [-0.2, -0.15) is 8.78 Å². The largest absolute Gasteiger partial charge is 0.381 e. The third-order valence-electron chi connectivity index (χ3n) is 3.74. The van der Waals surface area contributed by atoms with Gasteiger partial charge in [0, 0.05) is 32.0 Å². The highest BCUT2D eigenvalue weighted by Crippen LogP contribution is 2.22. The monoisotopic (exact) mass is 354 g/mol. The molecule has 0 unspecified atom stereocenters. The van der Waals surface area contributed by atoms with Gasteiger partial charge in [-0.05, 0) is 54.4 Å². The summed E-state index contributed by atoms with van der Waals surface area (Å²) in [5.41, 5.74) is 4.01. The molecule has 0 saturated heterocycles. The SMILES string of the molecule is Cc1cc(N(C)C)ccc1CNc1ccc(S(=O)(=O)C(F)F)cc1. The lowest BCUT2D eigenvalue weighted by Crippen LogP contribution is -2.11. The van der Waals surface area contributed by atoms with Crippen molar-refractivity contribution < 1.29 is 17.2 Å². The number of aryl methyl sites for hydroxylation is 1. The Hall–Kier alpha value is -2.15. The second-order valence-corrected chi connectivity index (χ2v) is 7.61. The number of nitrogens with zero attached hydrogens (tertiary/aromatic N) is 1. The standard InChI is InChI=1S/C17H20F2N2O2S/c1-12-10-15(21(2)3)7-4-13(12)11-20-14-5-8-16(9-6-14)24(22,23)17(18)19/h4-10,17,20H,11H2,1-3H3. The normalized spacial score (nSPS) is 11.6. The average molecular weight is 354 g/mol. The van der Waals surface area contributed by atoms with Crippen LogP contribution in [0.25, 0.3) is 0 Å². The molecule has 0 fully saturated rings. The maximum atomic E-state index is 12.5. The summed E-state index contributed by atoms with van der Waals surface area (Å²) in [4.78, 5) is 1.64. The zero-order chi connectivity index (χ0) is 17.9. The average Bonchev–Trinajstić information content (AvgIpc) is 2.53. The Morgan fingerprint density at radius 1 is 1.08 bits per heavy atom. The van der Waals surface area contributed by atoms with Gasteiger partial charge in [0.15, 0.2) is 0 Å². The summed E-state index contributed by atoms with van der Waals surface area (Å²) in [6.45, 7) is 2.57. The van der Waals surface area contributed by atoms with E-state index in [9.17, 15) is 17.2 Å². The molecule has 0 radical (unpaired) electrons. The van der Waals surface area contributed by atoms with Crippen LogP contribution in [0.4, 0.5) is 20.2 Å².